The standard InChI is InChI=1S/C12H16/c1-9-3-5-11-6-4-10(2)8-12(11)7-9/h3,5,7,10H,4,6,8H2,1-2H3/t10-/m0/s1. The lowest BCUT2D eigenvalue weighted by Crippen LogP contribution is -2.11. The SMILES string of the molecule is Cc1ccc2c(c1)C[C@@H](C)CC2. The molecule has 12 heavy (non-hydrogen) atoms. The van der Waals surface area contributed by atoms with E-state index in [0.29, 0.717) is 0 Å². The first-order valence-electron chi connectivity index (χ1n) is 4.84. The second-order valence-corrected chi connectivity index (χ2v) is 4.12. The highest BCUT2D eigenvalue weighted by atomic mass is 14.2. The van der Waals surface area contributed by atoms with Crippen molar-refractivity contribution < 1.29 is 0 Å². The number of hydrogen-bond acceptors (Lipinski definition) is 0. The fraction of sp³-hybridized carbons (Fsp3) is 0.500. The van der Waals surface area contributed by atoms with E-state index in [1.807, 2.05) is 0 Å². The molecule has 0 heteroatoms. The van der Waals surface area contributed by atoms with E-state index in [1.165, 1.54) is 24.8 Å². The Balaban J connectivity index is 2.37. The van der Waals surface area contributed by atoms with Crippen molar-refractivity contribution in [2.75, 3.05) is 0 Å². The minimum Gasteiger partial charge on any atom is -0.0622 e. The molecule has 0 saturated heterocycles. The molecular weight excluding hydrogens is 144 g/mol. The van der Waals surface area contributed by atoms with Crippen molar-refractivity contribution in [2.45, 2.75) is 33.1 Å². The molecule has 0 saturated carbocycles. The third-order valence-corrected chi connectivity index (χ3v) is 2.84. The molecule has 0 radical (unpaired) electrons. The van der Waals surface area contributed by atoms with Crippen molar-refractivity contribution in [1.82, 2.24) is 0 Å². The highest BCUT2D eigenvalue weighted by Crippen LogP contribution is 2.25. The van der Waals surface area contributed by atoms with Gasteiger partial charge >= 0.3 is 0 Å². The van der Waals surface area contributed by atoms with Crippen molar-refractivity contribution in [1.29, 1.82) is 0 Å². The van der Waals surface area contributed by atoms with Gasteiger partial charge in [0.2, 0.25) is 0 Å². The summed E-state index contributed by atoms with van der Waals surface area (Å²) in [6, 6.07) is 6.89. The van der Waals surface area contributed by atoms with Crippen LogP contribution in [-0.2, 0) is 12.8 Å². The van der Waals surface area contributed by atoms with Gasteiger partial charge < -0.3 is 0 Å². The summed E-state index contributed by atoms with van der Waals surface area (Å²) in [5, 5.41) is 0. The van der Waals surface area contributed by atoms with Gasteiger partial charge in [0.05, 0.1) is 0 Å². The van der Waals surface area contributed by atoms with Gasteiger partial charge in [0.1, 0.15) is 0 Å². The summed E-state index contributed by atoms with van der Waals surface area (Å²) in [6.07, 6.45) is 3.95. The molecule has 0 fully saturated rings. The molecule has 0 spiro atoms. The van der Waals surface area contributed by atoms with Crippen molar-refractivity contribution in [3.05, 3.63) is 34.9 Å². The molecule has 0 aliphatic heterocycles. The van der Waals surface area contributed by atoms with Crippen molar-refractivity contribution >= 4 is 0 Å². The first kappa shape index (κ1) is 7.85. The molecule has 1 aliphatic carbocycles. The highest BCUT2D eigenvalue weighted by Gasteiger charge is 2.14. The van der Waals surface area contributed by atoms with Crippen LogP contribution in [0.5, 0.6) is 0 Å². The van der Waals surface area contributed by atoms with Crippen LogP contribution in [0.25, 0.3) is 0 Å². The lowest BCUT2D eigenvalue weighted by molar-refractivity contribution is 0.501. The predicted molar refractivity (Wildman–Crippen MR) is 52.4 cm³/mol. The minimum absolute atomic E-state index is 0.888. The topological polar surface area (TPSA) is 0 Å². The Labute approximate surface area is 74.6 Å². The molecule has 1 aliphatic rings. The quantitative estimate of drug-likeness (QED) is 0.547. The molecule has 64 valence electrons. The third kappa shape index (κ3) is 1.38. The Hall–Kier alpha value is -0.780. The van der Waals surface area contributed by atoms with Crippen molar-refractivity contribution in [2.24, 2.45) is 5.92 Å². The Kier molecular flexibility index (Phi) is 1.92. The summed E-state index contributed by atoms with van der Waals surface area (Å²) in [7, 11) is 0. The van der Waals surface area contributed by atoms with Crippen LogP contribution in [0, 0.1) is 12.8 Å². The highest BCUT2D eigenvalue weighted by molar-refractivity contribution is 5.33. The monoisotopic (exact) mass is 160 g/mol. The first-order chi connectivity index (χ1) is 5.75. The molecule has 1 aromatic carbocycles. The zero-order valence-electron chi connectivity index (χ0n) is 7.93. The summed E-state index contributed by atoms with van der Waals surface area (Å²) in [5.41, 5.74) is 4.58. The summed E-state index contributed by atoms with van der Waals surface area (Å²) >= 11 is 0. The van der Waals surface area contributed by atoms with Gasteiger partial charge in [0, 0.05) is 0 Å². The predicted octanol–water partition coefficient (Wildman–Crippen LogP) is 3.12. The molecule has 0 amide bonds. The summed E-state index contributed by atoms with van der Waals surface area (Å²) in [6.45, 7) is 4.53. The van der Waals surface area contributed by atoms with Gasteiger partial charge in [-0.2, -0.15) is 0 Å². The lowest BCUT2D eigenvalue weighted by Gasteiger charge is -2.21. The van der Waals surface area contributed by atoms with E-state index in [9.17, 15) is 0 Å². The summed E-state index contributed by atoms with van der Waals surface area (Å²) < 4.78 is 0. The first-order valence-corrected chi connectivity index (χ1v) is 4.84. The van der Waals surface area contributed by atoms with E-state index in [-0.39, 0.29) is 0 Å². The fourth-order valence-electron chi connectivity index (χ4n) is 2.07. The number of benzene rings is 1. The van der Waals surface area contributed by atoms with Crippen LogP contribution < -0.4 is 0 Å². The van der Waals surface area contributed by atoms with Gasteiger partial charge in [-0.3, -0.25) is 0 Å². The van der Waals surface area contributed by atoms with E-state index in [2.05, 4.69) is 32.0 Å². The van der Waals surface area contributed by atoms with Crippen LogP contribution in [0.4, 0.5) is 0 Å². The maximum Gasteiger partial charge on any atom is -0.0250 e. The van der Waals surface area contributed by atoms with Gasteiger partial charge in [-0.15, -0.1) is 0 Å². The van der Waals surface area contributed by atoms with E-state index in [1.54, 1.807) is 11.1 Å². The molecule has 1 atom stereocenters. The number of hydrogen-bond donors (Lipinski definition) is 0. The van der Waals surface area contributed by atoms with Crippen LogP contribution in [0.15, 0.2) is 18.2 Å². The van der Waals surface area contributed by atoms with E-state index < -0.39 is 0 Å². The summed E-state index contributed by atoms with van der Waals surface area (Å²) in [5.74, 6) is 0.888. The molecule has 0 nitrogen and oxygen atoms in total. The minimum atomic E-state index is 0.888. The molecule has 0 bridgehead atoms. The second-order valence-electron chi connectivity index (χ2n) is 4.12. The molecule has 0 aromatic heterocycles. The van der Waals surface area contributed by atoms with E-state index >= 15 is 0 Å². The Morgan fingerprint density at radius 1 is 1.25 bits per heavy atom. The normalized spacial score (nSPS) is 22.0. The van der Waals surface area contributed by atoms with Crippen LogP contribution in [0.2, 0.25) is 0 Å². The van der Waals surface area contributed by atoms with Crippen LogP contribution in [-0.4, -0.2) is 0 Å². The fourth-order valence-corrected chi connectivity index (χ4v) is 2.07. The average Bonchev–Trinajstić information content (AvgIpc) is 2.03. The zero-order valence-corrected chi connectivity index (χ0v) is 7.93. The maximum absolute atomic E-state index is 2.35. The smallest absolute Gasteiger partial charge is 0.0250 e. The van der Waals surface area contributed by atoms with E-state index in [4.69, 9.17) is 0 Å². The van der Waals surface area contributed by atoms with E-state index in [0.717, 1.165) is 5.92 Å². The van der Waals surface area contributed by atoms with Crippen LogP contribution >= 0.6 is 0 Å². The Morgan fingerprint density at radius 3 is 2.92 bits per heavy atom. The summed E-state index contributed by atoms with van der Waals surface area (Å²) in [4.78, 5) is 0. The van der Waals surface area contributed by atoms with Gasteiger partial charge in [0.15, 0.2) is 0 Å². The van der Waals surface area contributed by atoms with Crippen LogP contribution in [0.3, 0.4) is 0 Å². The second kappa shape index (κ2) is 2.93. The van der Waals surface area contributed by atoms with Gasteiger partial charge in [-0.1, -0.05) is 30.7 Å². The molecular formula is C12H16. The average molecular weight is 160 g/mol. The van der Waals surface area contributed by atoms with Gasteiger partial charge in [0.25, 0.3) is 0 Å². The Bertz CT molecular complexity index is 286. The molecule has 0 unspecified atom stereocenters. The van der Waals surface area contributed by atoms with Crippen molar-refractivity contribution in [3.8, 4) is 0 Å². The number of rotatable bonds is 0. The largest absolute Gasteiger partial charge is 0.0622 e. The van der Waals surface area contributed by atoms with Crippen molar-refractivity contribution in [3.63, 3.8) is 0 Å². The molecule has 2 rings (SSSR count). The molecule has 1 aromatic rings. The van der Waals surface area contributed by atoms with Gasteiger partial charge in [-0.05, 0) is 43.2 Å². The number of fused-ring (bicyclic) bond motifs is 1. The zero-order chi connectivity index (χ0) is 8.55. The third-order valence-electron chi connectivity index (χ3n) is 2.84. The lowest BCUT2D eigenvalue weighted by atomic mass is 9.84. The Morgan fingerprint density at radius 2 is 2.08 bits per heavy atom. The number of aryl methyl sites for hydroxylation is 2. The van der Waals surface area contributed by atoms with Gasteiger partial charge in [-0.25, -0.2) is 0 Å². The van der Waals surface area contributed by atoms with Crippen LogP contribution in [0.1, 0.15) is 30.0 Å². The molecule has 0 N–H and O–H groups in total. The maximum atomic E-state index is 2.35. The molecule has 0 heterocycles.